The van der Waals surface area contributed by atoms with Gasteiger partial charge in [0.05, 0.1) is 18.2 Å². The van der Waals surface area contributed by atoms with Gasteiger partial charge >= 0.3 is 0 Å². The van der Waals surface area contributed by atoms with E-state index in [0.717, 1.165) is 22.5 Å². The smallest absolute Gasteiger partial charge is 0.126 e. The summed E-state index contributed by atoms with van der Waals surface area (Å²) < 4.78 is 11.0. The van der Waals surface area contributed by atoms with Crippen LogP contribution in [0.5, 0.6) is 5.75 Å². The molecule has 1 atom stereocenters. The molecule has 0 fully saturated rings. The number of benzene rings is 2. The third kappa shape index (κ3) is 2.12. The lowest BCUT2D eigenvalue weighted by atomic mass is 9.99. The lowest BCUT2D eigenvalue weighted by molar-refractivity contribution is 0.419. The second-order valence-corrected chi connectivity index (χ2v) is 5.65. The van der Waals surface area contributed by atoms with Crippen LogP contribution in [-0.2, 0) is 0 Å². The van der Waals surface area contributed by atoms with Crippen LogP contribution in [-0.4, -0.2) is 7.11 Å². The summed E-state index contributed by atoms with van der Waals surface area (Å²) in [5.41, 5.74) is 2.33. The van der Waals surface area contributed by atoms with Crippen molar-refractivity contribution in [2.75, 3.05) is 7.11 Å². The number of ether oxygens (including phenoxy) is 1. The molecule has 3 aromatic rings. The molecule has 0 bridgehead atoms. The molecule has 0 aliphatic heterocycles. The van der Waals surface area contributed by atoms with Gasteiger partial charge in [0.25, 0.3) is 0 Å². The predicted octanol–water partition coefficient (Wildman–Crippen LogP) is 5.23. The van der Waals surface area contributed by atoms with E-state index in [1.807, 2.05) is 24.3 Å². The van der Waals surface area contributed by atoms with Gasteiger partial charge in [0, 0.05) is 5.39 Å². The van der Waals surface area contributed by atoms with E-state index in [1.54, 1.807) is 13.4 Å². The molecule has 1 aromatic heterocycles. The molecule has 0 saturated heterocycles. The fourth-order valence-electron chi connectivity index (χ4n) is 2.48. The van der Waals surface area contributed by atoms with Crippen LogP contribution in [0.2, 0.25) is 0 Å². The van der Waals surface area contributed by atoms with E-state index in [4.69, 9.17) is 9.15 Å². The quantitative estimate of drug-likeness (QED) is 0.613. The number of hydrogen-bond acceptors (Lipinski definition) is 2. The van der Waals surface area contributed by atoms with Gasteiger partial charge in [-0.2, -0.15) is 0 Å². The molecule has 102 valence electrons. The van der Waals surface area contributed by atoms with Crippen molar-refractivity contribution in [2.24, 2.45) is 0 Å². The van der Waals surface area contributed by atoms with E-state index in [1.165, 1.54) is 10.9 Å². The van der Waals surface area contributed by atoms with E-state index in [2.05, 4.69) is 41.1 Å². The molecule has 0 aliphatic carbocycles. The standard InChI is InChI=1S/C17H15BrO2/c1-11-9-10-20-17(11)16(18)14-7-8-15(19-2)13-6-4-3-5-12(13)14/h3-10,16H,1-2H3. The highest BCUT2D eigenvalue weighted by Crippen LogP contribution is 2.39. The van der Waals surface area contributed by atoms with Gasteiger partial charge in [0.1, 0.15) is 11.5 Å². The summed E-state index contributed by atoms with van der Waals surface area (Å²) in [6.07, 6.45) is 1.73. The molecule has 2 aromatic carbocycles. The Kier molecular flexibility index (Phi) is 3.53. The van der Waals surface area contributed by atoms with Crippen LogP contribution in [0.25, 0.3) is 10.8 Å². The van der Waals surface area contributed by atoms with Crippen LogP contribution in [0, 0.1) is 6.92 Å². The summed E-state index contributed by atoms with van der Waals surface area (Å²) in [4.78, 5) is 0.0355. The van der Waals surface area contributed by atoms with Gasteiger partial charge in [-0.05, 0) is 35.6 Å². The van der Waals surface area contributed by atoms with E-state index in [-0.39, 0.29) is 4.83 Å². The molecule has 0 N–H and O–H groups in total. The van der Waals surface area contributed by atoms with E-state index >= 15 is 0 Å². The molecule has 2 nitrogen and oxygen atoms in total. The molecule has 0 amide bonds. The summed E-state index contributed by atoms with van der Waals surface area (Å²) >= 11 is 3.76. The minimum absolute atomic E-state index is 0.0355. The monoisotopic (exact) mass is 330 g/mol. The van der Waals surface area contributed by atoms with E-state index in [0.29, 0.717) is 0 Å². The number of fused-ring (bicyclic) bond motifs is 1. The fourth-order valence-corrected chi connectivity index (χ4v) is 3.35. The largest absolute Gasteiger partial charge is 0.496 e. The normalized spacial score (nSPS) is 12.6. The summed E-state index contributed by atoms with van der Waals surface area (Å²) in [6.45, 7) is 2.05. The Morgan fingerprint density at radius 2 is 1.80 bits per heavy atom. The highest BCUT2D eigenvalue weighted by molar-refractivity contribution is 9.09. The number of aryl methyl sites for hydroxylation is 1. The molecular formula is C17H15BrO2. The van der Waals surface area contributed by atoms with E-state index in [9.17, 15) is 0 Å². The Hall–Kier alpha value is -1.74. The number of rotatable bonds is 3. The van der Waals surface area contributed by atoms with Crippen LogP contribution >= 0.6 is 15.9 Å². The summed E-state index contributed by atoms with van der Waals surface area (Å²) in [5.74, 6) is 1.83. The number of alkyl halides is 1. The molecule has 0 spiro atoms. The average Bonchev–Trinajstić information content (AvgIpc) is 2.91. The zero-order chi connectivity index (χ0) is 14.1. The summed E-state index contributed by atoms with van der Waals surface area (Å²) in [5, 5.41) is 2.28. The minimum Gasteiger partial charge on any atom is -0.496 e. The number of halogens is 1. The Bertz CT molecular complexity index is 746. The van der Waals surface area contributed by atoms with Crippen LogP contribution < -0.4 is 4.74 Å². The van der Waals surface area contributed by atoms with Crippen LogP contribution in [0.15, 0.2) is 53.1 Å². The van der Waals surface area contributed by atoms with Crippen molar-refractivity contribution in [1.82, 2.24) is 0 Å². The first-order valence-electron chi connectivity index (χ1n) is 6.46. The fraction of sp³-hybridized carbons (Fsp3) is 0.176. The third-order valence-corrected chi connectivity index (χ3v) is 4.45. The molecule has 0 radical (unpaired) electrons. The average molecular weight is 331 g/mol. The molecule has 0 saturated carbocycles. The molecule has 1 heterocycles. The molecule has 0 aliphatic rings. The van der Waals surface area contributed by atoms with Crippen LogP contribution in [0.1, 0.15) is 21.7 Å². The highest BCUT2D eigenvalue weighted by atomic mass is 79.9. The molecule has 3 rings (SSSR count). The van der Waals surface area contributed by atoms with Gasteiger partial charge < -0.3 is 9.15 Å². The van der Waals surface area contributed by atoms with Gasteiger partial charge in [-0.25, -0.2) is 0 Å². The minimum atomic E-state index is 0.0355. The zero-order valence-electron chi connectivity index (χ0n) is 11.4. The predicted molar refractivity (Wildman–Crippen MR) is 84.7 cm³/mol. The highest BCUT2D eigenvalue weighted by Gasteiger charge is 2.19. The first-order valence-corrected chi connectivity index (χ1v) is 7.37. The summed E-state index contributed by atoms with van der Waals surface area (Å²) in [6, 6.07) is 14.3. The van der Waals surface area contributed by atoms with Crippen molar-refractivity contribution in [3.8, 4) is 5.75 Å². The van der Waals surface area contributed by atoms with Gasteiger partial charge in [0.2, 0.25) is 0 Å². The molecular weight excluding hydrogens is 316 g/mol. The topological polar surface area (TPSA) is 22.4 Å². The first kappa shape index (κ1) is 13.3. The van der Waals surface area contributed by atoms with Crippen molar-refractivity contribution < 1.29 is 9.15 Å². The second kappa shape index (κ2) is 5.33. The Morgan fingerprint density at radius 3 is 2.45 bits per heavy atom. The maximum atomic E-state index is 5.61. The van der Waals surface area contributed by atoms with Crippen molar-refractivity contribution in [3.63, 3.8) is 0 Å². The van der Waals surface area contributed by atoms with Gasteiger partial charge in [0.15, 0.2) is 0 Å². The van der Waals surface area contributed by atoms with Gasteiger partial charge in [-0.15, -0.1) is 0 Å². The van der Waals surface area contributed by atoms with Crippen LogP contribution in [0.4, 0.5) is 0 Å². The number of furan rings is 1. The molecule has 1 unspecified atom stereocenters. The van der Waals surface area contributed by atoms with Gasteiger partial charge in [-0.3, -0.25) is 0 Å². The van der Waals surface area contributed by atoms with Crippen molar-refractivity contribution in [2.45, 2.75) is 11.8 Å². The zero-order valence-corrected chi connectivity index (χ0v) is 13.0. The maximum absolute atomic E-state index is 5.61. The summed E-state index contributed by atoms with van der Waals surface area (Å²) in [7, 11) is 1.70. The first-order chi connectivity index (χ1) is 9.72. The Balaban J connectivity index is 2.20. The SMILES string of the molecule is COc1ccc(C(Br)c2occc2C)c2ccccc12. The number of hydrogen-bond donors (Lipinski definition) is 0. The molecule has 3 heteroatoms. The van der Waals surface area contributed by atoms with Crippen molar-refractivity contribution in [3.05, 3.63) is 65.6 Å². The maximum Gasteiger partial charge on any atom is 0.126 e. The van der Waals surface area contributed by atoms with Crippen molar-refractivity contribution >= 4 is 26.7 Å². The number of methoxy groups -OCH3 is 1. The van der Waals surface area contributed by atoms with Crippen LogP contribution in [0.3, 0.4) is 0 Å². The van der Waals surface area contributed by atoms with E-state index < -0.39 is 0 Å². The molecule has 20 heavy (non-hydrogen) atoms. The third-order valence-electron chi connectivity index (χ3n) is 3.54. The Morgan fingerprint density at radius 1 is 1.05 bits per heavy atom. The van der Waals surface area contributed by atoms with Crippen molar-refractivity contribution in [1.29, 1.82) is 0 Å². The van der Waals surface area contributed by atoms with Gasteiger partial charge in [-0.1, -0.05) is 46.3 Å². The Labute approximate surface area is 126 Å². The lowest BCUT2D eigenvalue weighted by Crippen LogP contribution is -1.96. The lowest BCUT2D eigenvalue weighted by Gasteiger charge is -2.14. The second-order valence-electron chi connectivity index (χ2n) is 4.73.